The average molecular weight is 224 g/mol. The Morgan fingerprint density at radius 3 is 2.36 bits per heavy atom. The Labute approximate surface area is 84.4 Å². The van der Waals surface area contributed by atoms with Gasteiger partial charge in [-0.3, -0.25) is 4.79 Å². The van der Waals surface area contributed by atoms with E-state index in [1.54, 1.807) is 20.8 Å². The molecule has 6 heteroatoms. The van der Waals surface area contributed by atoms with Crippen LogP contribution in [0.15, 0.2) is 0 Å². The van der Waals surface area contributed by atoms with Crippen molar-refractivity contribution in [1.82, 2.24) is 0 Å². The summed E-state index contributed by atoms with van der Waals surface area (Å²) in [7, 11) is -0.773. The third-order valence-electron chi connectivity index (χ3n) is 1.10. The molecule has 84 valence electrons. The van der Waals surface area contributed by atoms with E-state index in [0.29, 0.717) is 0 Å². The van der Waals surface area contributed by atoms with Crippen molar-refractivity contribution in [3.63, 3.8) is 0 Å². The molecule has 0 bridgehead atoms. The second-order valence-corrected chi connectivity index (χ2v) is 5.45. The molecule has 0 heterocycles. The van der Waals surface area contributed by atoms with Gasteiger partial charge in [-0.25, -0.2) is 9.78 Å². The van der Waals surface area contributed by atoms with Gasteiger partial charge < -0.3 is 9.30 Å². The monoisotopic (exact) mass is 224 g/mol. The van der Waals surface area contributed by atoms with Crippen LogP contribution in [-0.2, 0) is 23.9 Å². The van der Waals surface area contributed by atoms with Gasteiger partial charge in [-0.2, -0.15) is 0 Å². The van der Waals surface area contributed by atoms with Gasteiger partial charge in [-0.05, 0) is 20.8 Å². The zero-order valence-electron chi connectivity index (χ0n) is 8.96. The Morgan fingerprint density at radius 1 is 1.36 bits per heavy atom. The number of hydrogen-bond donors (Lipinski definition) is 0. The lowest BCUT2D eigenvalue weighted by atomic mass is 10.2. The molecule has 0 aliphatic rings. The maximum Gasteiger partial charge on any atom is 0.313 e. The first-order valence-corrected chi connectivity index (χ1v) is 6.06. The molecule has 0 saturated heterocycles. The second kappa shape index (κ2) is 6.17. The SMILES string of the molecule is COOC[PH](=O)CC(=O)OC(C)(C)C. The normalized spacial score (nSPS) is 13.7. The molecule has 0 aromatic rings. The fraction of sp³-hybridized carbons (Fsp3) is 0.875. The van der Waals surface area contributed by atoms with E-state index < -0.39 is 19.4 Å². The van der Waals surface area contributed by atoms with Gasteiger partial charge in [0.2, 0.25) is 0 Å². The number of carbonyl (C=O) groups excluding carboxylic acids is 1. The van der Waals surface area contributed by atoms with Gasteiger partial charge >= 0.3 is 5.97 Å². The van der Waals surface area contributed by atoms with Gasteiger partial charge in [0.15, 0.2) is 0 Å². The zero-order chi connectivity index (χ0) is 11.2. The van der Waals surface area contributed by atoms with Gasteiger partial charge in [-0.1, -0.05) is 0 Å². The van der Waals surface area contributed by atoms with Crippen molar-refractivity contribution < 1.29 is 23.9 Å². The highest BCUT2D eigenvalue weighted by Gasteiger charge is 2.18. The Hall–Kier alpha value is -0.380. The van der Waals surface area contributed by atoms with Gasteiger partial charge in [-0.15, -0.1) is 0 Å². The highest BCUT2D eigenvalue weighted by atomic mass is 31.1. The molecule has 0 radical (unpaired) electrons. The average Bonchev–Trinajstić information content (AvgIpc) is 1.96. The molecule has 0 aromatic heterocycles. The molecule has 14 heavy (non-hydrogen) atoms. The van der Waals surface area contributed by atoms with Crippen molar-refractivity contribution in [2.24, 2.45) is 0 Å². The summed E-state index contributed by atoms with van der Waals surface area (Å²) in [5.41, 5.74) is -0.540. The molecule has 0 N–H and O–H groups in total. The third-order valence-corrected chi connectivity index (χ3v) is 2.22. The van der Waals surface area contributed by atoms with Crippen molar-refractivity contribution >= 4 is 13.8 Å². The van der Waals surface area contributed by atoms with E-state index in [9.17, 15) is 9.36 Å². The molecule has 0 rings (SSSR count). The van der Waals surface area contributed by atoms with Gasteiger partial charge in [0.05, 0.1) is 13.3 Å². The van der Waals surface area contributed by atoms with Crippen LogP contribution in [0.4, 0.5) is 0 Å². The van der Waals surface area contributed by atoms with Crippen molar-refractivity contribution in [3.05, 3.63) is 0 Å². The maximum absolute atomic E-state index is 11.2. The van der Waals surface area contributed by atoms with Crippen LogP contribution in [0, 0.1) is 0 Å². The smallest absolute Gasteiger partial charge is 0.313 e. The predicted octanol–water partition coefficient (Wildman–Crippen LogP) is 1.42. The van der Waals surface area contributed by atoms with E-state index in [1.807, 2.05) is 0 Å². The van der Waals surface area contributed by atoms with E-state index in [4.69, 9.17) is 4.74 Å². The summed E-state index contributed by atoms with van der Waals surface area (Å²) < 4.78 is 16.2. The molecular weight excluding hydrogens is 207 g/mol. The number of ether oxygens (including phenoxy) is 1. The quantitative estimate of drug-likeness (QED) is 0.306. The maximum atomic E-state index is 11.2. The number of carbonyl (C=O) groups is 1. The van der Waals surface area contributed by atoms with E-state index >= 15 is 0 Å². The summed E-state index contributed by atoms with van der Waals surface area (Å²) in [6.45, 7) is 5.27. The fourth-order valence-electron chi connectivity index (χ4n) is 0.714. The molecule has 0 saturated carbocycles. The van der Waals surface area contributed by atoms with Gasteiger partial charge in [0, 0.05) is 0 Å². The molecule has 0 aromatic carbocycles. The molecule has 0 aliphatic carbocycles. The lowest BCUT2D eigenvalue weighted by molar-refractivity contribution is -0.256. The van der Waals surface area contributed by atoms with Crippen LogP contribution in [0.5, 0.6) is 0 Å². The Kier molecular flexibility index (Phi) is 6.00. The van der Waals surface area contributed by atoms with Crippen LogP contribution >= 0.6 is 7.80 Å². The fourth-order valence-corrected chi connectivity index (χ4v) is 1.46. The van der Waals surface area contributed by atoms with Crippen molar-refractivity contribution in [2.45, 2.75) is 26.4 Å². The number of esters is 1. The van der Waals surface area contributed by atoms with E-state index in [2.05, 4.69) is 9.78 Å². The van der Waals surface area contributed by atoms with Crippen LogP contribution < -0.4 is 0 Å². The minimum Gasteiger partial charge on any atom is -0.460 e. The third kappa shape index (κ3) is 8.23. The molecule has 0 amide bonds. The minimum atomic E-state index is -2.09. The van der Waals surface area contributed by atoms with Gasteiger partial charge in [0.25, 0.3) is 0 Å². The summed E-state index contributed by atoms with van der Waals surface area (Å²) in [4.78, 5) is 19.9. The summed E-state index contributed by atoms with van der Waals surface area (Å²) in [5.74, 6) is -0.471. The Morgan fingerprint density at radius 2 is 1.93 bits per heavy atom. The molecule has 1 atom stereocenters. The molecule has 0 spiro atoms. The van der Waals surface area contributed by atoms with E-state index in [-0.39, 0.29) is 12.5 Å². The molecule has 0 fully saturated rings. The highest BCUT2D eigenvalue weighted by Crippen LogP contribution is 2.21. The standard InChI is InChI=1S/C8H17O5P/c1-8(2,3)13-7(9)5-14(10)6-12-11-4/h14H,5-6H2,1-4H3. The predicted molar refractivity (Wildman–Crippen MR) is 52.7 cm³/mol. The van der Waals surface area contributed by atoms with Crippen molar-refractivity contribution in [1.29, 1.82) is 0 Å². The lowest BCUT2D eigenvalue weighted by Gasteiger charge is -2.19. The van der Waals surface area contributed by atoms with Gasteiger partial charge in [0.1, 0.15) is 19.8 Å². The summed E-state index contributed by atoms with van der Waals surface area (Å²) in [6.07, 6.45) is -0.161. The zero-order valence-corrected chi connectivity index (χ0v) is 9.96. The first-order valence-electron chi connectivity index (χ1n) is 4.24. The van der Waals surface area contributed by atoms with Crippen molar-refractivity contribution in [3.8, 4) is 0 Å². The first kappa shape index (κ1) is 13.6. The molecule has 0 aliphatic heterocycles. The largest absolute Gasteiger partial charge is 0.460 e. The lowest BCUT2D eigenvalue weighted by Crippen LogP contribution is -2.25. The second-order valence-electron chi connectivity index (χ2n) is 3.73. The van der Waals surface area contributed by atoms with Crippen LogP contribution in [0.3, 0.4) is 0 Å². The van der Waals surface area contributed by atoms with Crippen LogP contribution in [0.1, 0.15) is 20.8 Å². The first-order chi connectivity index (χ1) is 6.35. The molecule has 1 unspecified atom stereocenters. The highest BCUT2D eigenvalue weighted by molar-refractivity contribution is 7.45. The van der Waals surface area contributed by atoms with Crippen LogP contribution in [-0.4, -0.2) is 31.2 Å². The summed E-state index contributed by atoms with van der Waals surface area (Å²) in [5, 5.41) is 0. The minimum absolute atomic E-state index is 0.0551. The summed E-state index contributed by atoms with van der Waals surface area (Å²) in [6, 6.07) is 0. The Balaban J connectivity index is 3.78. The Bertz CT molecular complexity index is 208. The van der Waals surface area contributed by atoms with Crippen molar-refractivity contribution in [2.75, 3.05) is 19.6 Å². The summed E-state index contributed by atoms with van der Waals surface area (Å²) >= 11 is 0. The van der Waals surface area contributed by atoms with Crippen LogP contribution in [0.2, 0.25) is 0 Å². The molecule has 5 nitrogen and oxygen atoms in total. The van der Waals surface area contributed by atoms with Crippen LogP contribution in [0.25, 0.3) is 0 Å². The number of rotatable bonds is 5. The van der Waals surface area contributed by atoms with E-state index in [0.717, 1.165) is 0 Å². The number of hydrogen-bond acceptors (Lipinski definition) is 5. The van der Waals surface area contributed by atoms with E-state index in [1.165, 1.54) is 7.11 Å². The topological polar surface area (TPSA) is 61.8 Å². The molecular formula is C8H17O5P.